The van der Waals surface area contributed by atoms with Crippen LogP contribution in [0, 0.1) is 0 Å². The molecule has 0 aliphatic carbocycles. The number of anilines is 1. The van der Waals surface area contributed by atoms with Gasteiger partial charge in [0.1, 0.15) is 0 Å². The summed E-state index contributed by atoms with van der Waals surface area (Å²) in [5.41, 5.74) is 1.29. The summed E-state index contributed by atoms with van der Waals surface area (Å²) in [6.45, 7) is 5.82. The Morgan fingerprint density at radius 3 is 2.28 bits per heavy atom. The number of alkyl halides is 1. The molecule has 0 spiro atoms. The van der Waals surface area contributed by atoms with Crippen LogP contribution in [0.2, 0.25) is 5.02 Å². The average Bonchev–Trinajstić information content (AvgIpc) is 2.41. The van der Waals surface area contributed by atoms with Gasteiger partial charge in [0, 0.05) is 42.2 Å². The lowest BCUT2D eigenvalue weighted by Gasteiger charge is -2.36. The minimum Gasteiger partial charge on any atom is -0.369 e. The molecule has 0 N–H and O–H groups in total. The standard InChI is InChI=1S/C14H20BrClN2/c15-7-1-2-8-17-9-11-18(12-10-17)14-5-3-13(16)4-6-14/h3-6H,1-2,7-12H2. The molecule has 1 saturated heterocycles. The van der Waals surface area contributed by atoms with Gasteiger partial charge in [-0.1, -0.05) is 27.5 Å². The van der Waals surface area contributed by atoms with Crippen molar-refractivity contribution in [2.45, 2.75) is 12.8 Å². The van der Waals surface area contributed by atoms with E-state index in [0.29, 0.717) is 0 Å². The van der Waals surface area contributed by atoms with Crippen molar-refractivity contribution >= 4 is 33.2 Å². The lowest BCUT2D eigenvalue weighted by molar-refractivity contribution is 0.254. The summed E-state index contributed by atoms with van der Waals surface area (Å²) in [4.78, 5) is 5.01. The van der Waals surface area contributed by atoms with E-state index in [1.54, 1.807) is 0 Å². The normalized spacial score (nSPS) is 17.1. The zero-order chi connectivity index (χ0) is 12.8. The molecule has 0 bridgehead atoms. The van der Waals surface area contributed by atoms with Crippen LogP contribution in [0.1, 0.15) is 12.8 Å². The third kappa shape index (κ3) is 4.15. The molecule has 1 aliphatic rings. The highest BCUT2D eigenvalue weighted by atomic mass is 79.9. The van der Waals surface area contributed by atoms with Crippen LogP contribution in [0.15, 0.2) is 24.3 Å². The summed E-state index contributed by atoms with van der Waals surface area (Å²) in [6, 6.07) is 8.17. The van der Waals surface area contributed by atoms with E-state index >= 15 is 0 Å². The Labute approximate surface area is 123 Å². The molecule has 2 rings (SSSR count). The maximum atomic E-state index is 5.91. The fraction of sp³-hybridized carbons (Fsp3) is 0.571. The molecule has 1 heterocycles. The first kappa shape index (κ1) is 14.2. The number of halogens is 2. The highest BCUT2D eigenvalue weighted by molar-refractivity contribution is 9.09. The molecule has 0 atom stereocenters. The van der Waals surface area contributed by atoms with Gasteiger partial charge in [-0.25, -0.2) is 0 Å². The van der Waals surface area contributed by atoms with Crippen molar-refractivity contribution in [2.24, 2.45) is 0 Å². The van der Waals surface area contributed by atoms with Crippen molar-refractivity contribution in [3.63, 3.8) is 0 Å². The van der Waals surface area contributed by atoms with E-state index in [2.05, 4.69) is 37.9 Å². The molecule has 100 valence electrons. The van der Waals surface area contributed by atoms with Gasteiger partial charge in [0.2, 0.25) is 0 Å². The van der Waals surface area contributed by atoms with Crippen molar-refractivity contribution in [2.75, 3.05) is 43.0 Å². The molecule has 1 fully saturated rings. The summed E-state index contributed by atoms with van der Waals surface area (Å²) < 4.78 is 0. The van der Waals surface area contributed by atoms with E-state index in [1.165, 1.54) is 38.2 Å². The number of piperazine rings is 1. The molecule has 2 nitrogen and oxygen atoms in total. The van der Waals surface area contributed by atoms with Crippen molar-refractivity contribution in [3.8, 4) is 0 Å². The van der Waals surface area contributed by atoms with Crippen LogP contribution in [-0.2, 0) is 0 Å². The smallest absolute Gasteiger partial charge is 0.0407 e. The van der Waals surface area contributed by atoms with E-state index in [4.69, 9.17) is 11.6 Å². The van der Waals surface area contributed by atoms with E-state index in [9.17, 15) is 0 Å². The molecule has 1 aromatic carbocycles. The van der Waals surface area contributed by atoms with Gasteiger partial charge >= 0.3 is 0 Å². The Bertz CT molecular complexity index is 347. The molecule has 0 amide bonds. The highest BCUT2D eigenvalue weighted by Gasteiger charge is 2.16. The van der Waals surface area contributed by atoms with Crippen LogP contribution in [0.3, 0.4) is 0 Å². The first-order valence-electron chi connectivity index (χ1n) is 6.58. The van der Waals surface area contributed by atoms with Crippen molar-refractivity contribution in [3.05, 3.63) is 29.3 Å². The highest BCUT2D eigenvalue weighted by Crippen LogP contribution is 2.19. The van der Waals surface area contributed by atoms with Crippen molar-refractivity contribution in [1.82, 2.24) is 4.90 Å². The molecule has 1 aliphatic heterocycles. The largest absolute Gasteiger partial charge is 0.369 e. The molecular weight excluding hydrogens is 312 g/mol. The summed E-state index contributed by atoms with van der Waals surface area (Å²) in [7, 11) is 0. The van der Waals surface area contributed by atoms with E-state index in [0.717, 1.165) is 23.4 Å². The number of hydrogen-bond donors (Lipinski definition) is 0. The second-order valence-electron chi connectivity index (χ2n) is 4.70. The Kier molecular flexibility index (Phi) is 5.80. The Morgan fingerprint density at radius 2 is 1.67 bits per heavy atom. The molecule has 18 heavy (non-hydrogen) atoms. The van der Waals surface area contributed by atoms with Gasteiger partial charge in [0.05, 0.1) is 0 Å². The van der Waals surface area contributed by atoms with Crippen LogP contribution in [0.4, 0.5) is 5.69 Å². The first-order chi connectivity index (χ1) is 8.79. The van der Waals surface area contributed by atoms with E-state index in [1.807, 2.05) is 12.1 Å². The predicted molar refractivity (Wildman–Crippen MR) is 83.1 cm³/mol. The summed E-state index contributed by atoms with van der Waals surface area (Å²) in [5.74, 6) is 0. The van der Waals surface area contributed by atoms with Gasteiger partial charge in [0.25, 0.3) is 0 Å². The zero-order valence-corrected chi connectivity index (χ0v) is 13.0. The average molecular weight is 332 g/mol. The van der Waals surface area contributed by atoms with Gasteiger partial charge in [-0.3, -0.25) is 4.90 Å². The summed E-state index contributed by atoms with van der Waals surface area (Å²) >= 11 is 9.40. The lowest BCUT2D eigenvalue weighted by Crippen LogP contribution is -2.46. The van der Waals surface area contributed by atoms with Gasteiger partial charge in [-0.2, -0.15) is 0 Å². The quantitative estimate of drug-likeness (QED) is 0.600. The Morgan fingerprint density at radius 1 is 1.00 bits per heavy atom. The zero-order valence-electron chi connectivity index (χ0n) is 10.6. The van der Waals surface area contributed by atoms with Crippen molar-refractivity contribution < 1.29 is 0 Å². The Hall–Kier alpha value is -0.250. The monoisotopic (exact) mass is 330 g/mol. The number of unbranched alkanes of at least 4 members (excludes halogenated alkanes) is 1. The fourth-order valence-electron chi connectivity index (χ4n) is 2.31. The maximum absolute atomic E-state index is 5.91. The molecule has 0 saturated carbocycles. The van der Waals surface area contributed by atoms with Crippen LogP contribution in [0.5, 0.6) is 0 Å². The molecule has 0 unspecified atom stereocenters. The number of benzene rings is 1. The first-order valence-corrected chi connectivity index (χ1v) is 8.08. The number of rotatable bonds is 5. The van der Waals surface area contributed by atoms with Crippen LogP contribution >= 0.6 is 27.5 Å². The van der Waals surface area contributed by atoms with E-state index in [-0.39, 0.29) is 0 Å². The second-order valence-corrected chi connectivity index (χ2v) is 5.93. The molecule has 4 heteroatoms. The minimum absolute atomic E-state index is 0.812. The SMILES string of the molecule is Clc1ccc(N2CCN(CCCCBr)CC2)cc1. The van der Waals surface area contributed by atoms with Gasteiger partial charge in [-0.05, 0) is 43.7 Å². The predicted octanol–water partition coefficient (Wildman–Crippen LogP) is 3.64. The molecular formula is C14H20BrClN2. The summed E-state index contributed by atoms with van der Waals surface area (Å²) in [5, 5.41) is 1.93. The fourth-order valence-corrected chi connectivity index (χ4v) is 2.83. The maximum Gasteiger partial charge on any atom is 0.0407 e. The van der Waals surface area contributed by atoms with Crippen LogP contribution < -0.4 is 4.90 Å². The van der Waals surface area contributed by atoms with Gasteiger partial charge < -0.3 is 4.90 Å². The molecule has 0 aromatic heterocycles. The Balaban J connectivity index is 1.77. The van der Waals surface area contributed by atoms with E-state index < -0.39 is 0 Å². The topological polar surface area (TPSA) is 6.48 Å². The third-order valence-corrected chi connectivity index (χ3v) is 4.23. The molecule has 0 radical (unpaired) electrons. The van der Waals surface area contributed by atoms with Crippen LogP contribution in [-0.4, -0.2) is 43.0 Å². The third-order valence-electron chi connectivity index (χ3n) is 3.42. The van der Waals surface area contributed by atoms with Crippen LogP contribution in [0.25, 0.3) is 0 Å². The number of hydrogen-bond acceptors (Lipinski definition) is 2. The lowest BCUT2D eigenvalue weighted by atomic mass is 10.2. The number of nitrogens with zero attached hydrogens (tertiary/aromatic N) is 2. The minimum atomic E-state index is 0.812. The summed E-state index contributed by atoms with van der Waals surface area (Å²) in [6.07, 6.45) is 2.57. The van der Waals surface area contributed by atoms with Gasteiger partial charge in [-0.15, -0.1) is 0 Å². The van der Waals surface area contributed by atoms with Crippen molar-refractivity contribution in [1.29, 1.82) is 0 Å². The second kappa shape index (κ2) is 7.37. The van der Waals surface area contributed by atoms with Gasteiger partial charge in [0.15, 0.2) is 0 Å². The molecule has 1 aromatic rings.